The van der Waals surface area contributed by atoms with Crippen molar-refractivity contribution in [3.63, 3.8) is 0 Å². The standard InChI is InChI=1S/C30H27FN4O2/c31-25-12-8-22(9-13-25)21-34-17-19-35(20-18-34)30(37)27-7-4-16-32-28(27)29(36)33-26-14-10-24(11-15-26)23-5-2-1-3-6-23/h1-16H,17-21H2,(H,33,36). The van der Waals surface area contributed by atoms with Crippen LogP contribution >= 0.6 is 0 Å². The number of pyridine rings is 1. The van der Waals surface area contributed by atoms with Crippen LogP contribution in [0.25, 0.3) is 11.1 Å². The van der Waals surface area contributed by atoms with Gasteiger partial charge in [0, 0.05) is 44.6 Å². The molecule has 2 amide bonds. The van der Waals surface area contributed by atoms with Gasteiger partial charge in [-0.1, -0.05) is 54.6 Å². The SMILES string of the molecule is O=C(Nc1ccc(-c2ccccc2)cc1)c1ncccc1C(=O)N1CCN(Cc2ccc(F)cc2)CC1. The number of anilines is 1. The molecule has 0 atom stereocenters. The smallest absolute Gasteiger partial charge is 0.275 e. The summed E-state index contributed by atoms with van der Waals surface area (Å²) in [7, 11) is 0. The zero-order valence-corrected chi connectivity index (χ0v) is 20.3. The quantitative estimate of drug-likeness (QED) is 0.405. The molecule has 7 heteroatoms. The minimum atomic E-state index is -0.425. The highest BCUT2D eigenvalue weighted by Crippen LogP contribution is 2.22. The fraction of sp³-hybridized carbons (Fsp3) is 0.167. The Kier molecular flexibility index (Phi) is 7.33. The lowest BCUT2D eigenvalue weighted by atomic mass is 10.1. The van der Waals surface area contributed by atoms with Gasteiger partial charge < -0.3 is 10.2 Å². The first-order chi connectivity index (χ1) is 18.1. The van der Waals surface area contributed by atoms with Gasteiger partial charge in [0.25, 0.3) is 11.8 Å². The minimum absolute atomic E-state index is 0.105. The molecule has 0 radical (unpaired) electrons. The van der Waals surface area contributed by atoms with Crippen molar-refractivity contribution in [1.82, 2.24) is 14.8 Å². The molecular formula is C30H27FN4O2. The molecule has 186 valence electrons. The topological polar surface area (TPSA) is 65.5 Å². The first-order valence-electron chi connectivity index (χ1n) is 12.2. The number of nitrogens with zero attached hydrogens (tertiary/aromatic N) is 3. The van der Waals surface area contributed by atoms with E-state index in [1.165, 1.54) is 18.3 Å². The van der Waals surface area contributed by atoms with Crippen molar-refractivity contribution in [2.75, 3.05) is 31.5 Å². The van der Waals surface area contributed by atoms with Gasteiger partial charge in [0.2, 0.25) is 0 Å². The Morgan fingerprint density at radius 1 is 0.784 bits per heavy atom. The van der Waals surface area contributed by atoms with Crippen LogP contribution in [0.1, 0.15) is 26.4 Å². The summed E-state index contributed by atoms with van der Waals surface area (Å²) in [5.74, 6) is -0.884. The largest absolute Gasteiger partial charge is 0.336 e. The Morgan fingerprint density at radius 3 is 2.16 bits per heavy atom. The van der Waals surface area contributed by atoms with E-state index in [2.05, 4.69) is 15.2 Å². The highest BCUT2D eigenvalue weighted by atomic mass is 19.1. The third-order valence-corrected chi connectivity index (χ3v) is 6.48. The Labute approximate surface area is 215 Å². The maximum atomic E-state index is 13.3. The molecule has 0 saturated carbocycles. The van der Waals surface area contributed by atoms with Crippen molar-refractivity contribution in [1.29, 1.82) is 0 Å². The van der Waals surface area contributed by atoms with E-state index in [1.807, 2.05) is 54.6 Å². The molecule has 3 aromatic carbocycles. The molecule has 1 aliphatic heterocycles. The van der Waals surface area contributed by atoms with E-state index < -0.39 is 5.91 Å². The number of hydrogen-bond donors (Lipinski definition) is 1. The molecule has 0 spiro atoms. The van der Waals surface area contributed by atoms with Crippen molar-refractivity contribution in [3.05, 3.63) is 120 Å². The monoisotopic (exact) mass is 494 g/mol. The van der Waals surface area contributed by atoms with Crippen LogP contribution in [0.15, 0.2) is 97.2 Å². The zero-order valence-electron chi connectivity index (χ0n) is 20.3. The fourth-order valence-corrected chi connectivity index (χ4v) is 4.45. The number of carbonyl (C=O) groups excluding carboxylic acids is 2. The number of amides is 2. The lowest BCUT2D eigenvalue weighted by molar-refractivity contribution is 0.0624. The Hall–Kier alpha value is -4.36. The van der Waals surface area contributed by atoms with E-state index in [0.29, 0.717) is 38.4 Å². The number of carbonyl (C=O) groups is 2. The molecule has 1 aliphatic rings. The summed E-state index contributed by atoms with van der Waals surface area (Å²) < 4.78 is 13.2. The van der Waals surface area contributed by atoms with Crippen molar-refractivity contribution in [3.8, 4) is 11.1 Å². The summed E-state index contributed by atoms with van der Waals surface area (Å²) in [6.07, 6.45) is 1.52. The highest BCUT2D eigenvalue weighted by molar-refractivity contribution is 6.10. The van der Waals surface area contributed by atoms with Crippen LogP contribution in [0.3, 0.4) is 0 Å². The van der Waals surface area contributed by atoms with E-state index in [0.717, 1.165) is 16.7 Å². The number of halogens is 1. The van der Waals surface area contributed by atoms with E-state index in [4.69, 9.17) is 0 Å². The number of nitrogens with one attached hydrogen (secondary N) is 1. The number of rotatable bonds is 6. The van der Waals surface area contributed by atoms with Gasteiger partial charge in [0.1, 0.15) is 11.5 Å². The van der Waals surface area contributed by atoms with Crippen molar-refractivity contribution < 1.29 is 14.0 Å². The second-order valence-corrected chi connectivity index (χ2v) is 8.99. The van der Waals surface area contributed by atoms with Crippen molar-refractivity contribution in [2.24, 2.45) is 0 Å². The number of piperazine rings is 1. The molecule has 1 saturated heterocycles. The lowest BCUT2D eigenvalue weighted by Gasteiger charge is -2.35. The van der Waals surface area contributed by atoms with Crippen LogP contribution in [0.4, 0.5) is 10.1 Å². The number of benzene rings is 3. The average molecular weight is 495 g/mol. The van der Waals surface area contributed by atoms with Crippen molar-refractivity contribution in [2.45, 2.75) is 6.54 Å². The van der Waals surface area contributed by atoms with Crippen LogP contribution in [0, 0.1) is 5.82 Å². The maximum Gasteiger partial charge on any atom is 0.275 e. The molecular weight excluding hydrogens is 467 g/mol. The van der Waals surface area contributed by atoms with Crippen molar-refractivity contribution >= 4 is 17.5 Å². The predicted octanol–water partition coefficient (Wildman–Crippen LogP) is 5.10. The van der Waals surface area contributed by atoms with Gasteiger partial charge >= 0.3 is 0 Å². The fourth-order valence-electron chi connectivity index (χ4n) is 4.45. The average Bonchev–Trinajstić information content (AvgIpc) is 2.95. The van der Waals surface area contributed by atoms with Gasteiger partial charge in [0.05, 0.1) is 5.56 Å². The Balaban J connectivity index is 1.22. The van der Waals surface area contributed by atoms with Crippen LogP contribution in [-0.2, 0) is 6.54 Å². The molecule has 5 rings (SSSR count). The summed E-state index contributed by atoms with van der Waals surface area (Å²) in [6.45, 7) is 3.16. The summed E-state index contributed by atoms with van der Waals surface area (Å²) in [4.78, 5) is 34.6. The normalized spacial score (nSPS) is 13.8. The van der Waals surface area contributed by atoms with Gasteiger partial charge in [-0.15, -0.1) is 0 Å². The molecule has 0 unspecified atom stereocenters. The van der Waals surface area contributed by atoms with E-state index in [9.17, 15) is 14.0 Å². The van der Waals surface area contributed by atoms with Crippen LogP contribution < -0.4 is 5.32 Å². The summed E-state index contributed by atoms with van der Waals surface area (Å²) in [6, 6.07) is 27.4. The predicted molar refractivity (Wildman–Crippen MR) is 142 cm³/mol. The van der Waals surface area contributed by atoms with Gasteiger partial charge in [-0.25, -0.2) is 4.39 Å². The van der Waals surface area contributed by atoms with Crippen LogP contribution in [-0.4, -0.2) is 52.8 Å². The molecule has 4 aromatic rings. The molecule has 0 bridgehead atoms. The summed E-state index contributed by atoms with van der Waals surface area (Å²) in [5.41, 5.74) is 4.19. The third-order valence-electron chi connectivity index (χ3n) is 6.48. The number of aromatic nitrogens is 1. The van der Waals surface area contributed by atoms with Crippen LogP contribution in [0.2, 0.25) is 0 Å². The highest BCUT2D eigenvalue weighted by Gasteiger charge is 2.26. The number of hydrogen-bond acceptors (Lipinski definition) is 4. The second-order valence-electron chi connectivity index (χ2n) is 8.99. The molecule has 1 N–H and O–H groups in total. The van der Waals surface area contributed by atoms with E-state index in [-0.39, 0.29) is 23.0 Å². The first-order valence-corrected chi connectivity index (χ1v) is 12.2. The third kappa shape index (κ3) is 5.90. The Morgan fingerprint density at radius 2 is 1.46 bits per heavy atom. The Bertz CT molecular complexity index is 1370. The molecule has 6 nitrogen and oxygen atoms in total. The minimum Gasteiger partial charge on any atom is -0.336 e. The molecule has 2 heterocycles. The maximum absolute atomic E-state index is 13.3. The first kappa shape index (κ1) is 24.3. The molecule has 37 heavy (non-hydrogen) atoms. The van der Waals surface area contributed by atoms with Gasteiger partial charge in [-0.3, -0.25) is 19.5 Å². The van der Waals surface area contributed by atoms with E-state index >= 15 is 0 Å². The van der Waals surface area contributed by atoms with Crippen LogP contribution in [0.5, 0.6) is 0 Å². The second kappa shape index (κ2) is 11.1. The summed E-state index contributed by atoms with van der Waals surface area (Å²) >= 11 is 0. The van der Waals surface area contributed by atoms with Gasteiger partial charge in [-0.2, -0.15) is 0 Å². The van der Waals surface area contributed by atoms with E-state index in [1.54, 1.807) is 29.2 Å². The zero-order chi connectivity index (χ0) is 25.6. The van der Waals surface area contributed by atoms with Gasteiger partial charge in [0.15, 0.2) is 0 Å². The lowest BCUT2D eigenvalue weighted by Crippen LogP contribution is -2.48. The molecule has 0 aliphatic carbocycles. The summed E-state index contributed by atoms with van der Waals surface area (Å²) in [5, 5.41) is 2.87. The van der Waals surface area contributed by atoms with Gasteiger partial charge in [-0.05, 0) is 53.1 Å². The molecule has 1 aromatic heterocycles. The molecule has 1 fully saturated rings.